The van der Waals surface area contributed by atoms with Crippen molar-refractivity contribution in [2.75, 3.05) is 6.61 Å². The van der Waals surface area contributed by atoms with Gasteiger partial charge in [0.25, 0.3) is 0 Å². The van der Waals surface area contributed by atoms with Gasteiger partial charge in [-0.3, -0.25) is 14.4 Å². The van der Waals surface area contributed by atoms with E-state index >= 15 is 0 Å². The maximum absolute atomic E-state index is 11.7. The molecule has 0 radical (unpaired) electrons. The zero-order chi connectivity index (χ0) is 19.1. The van der Waals surface area contributed by atoms with Gasteiger partial charge in [0.05, 0.1) is 12.9 Å². The average Bonchev–Trinajstić information content (AvgIpc) is 3.18. The van der Waals surface area contributed by atoms with Gasteiger partial charge in [-0.1, -0.05) is 0 Å². The average molecular weight is 329 g/mol. The molecule has 0 spiro atoms. The van der Waals surface area contributed by atoms with E-state index in [1.54, 1.807) is 0 Å². The highest BCUT2D eigenvalue weighted by Crippen LogP contribution is 2.30. The van der Waals surface area contributed by atoms with Crippen LogP contribution < -0.4 is 0 Å². The lowest BCUT2D eigenvalue weighted by Gasteiger charge is -2.40. The Labute approximate surface area is 136 Å². The third-order valence-electron chi connectivity index (χ3n) is 3.04. The Morgan fingerprint density at radius 1 is 1.13 bits per heavy atom. The first-order valence-corrected chi connectivity index (χ1v) is 6.55. The Kier molecular flexibility index (Phi) is 4.10. The predicted octanol–water partition coefficient (Wildman–Crippen LogP) is 0.207. The fourth-order valence-electron chi connectivity index (χ4n) is 2.27. The van der Waals surface area contributed by atoms with Crippen molar-refractivity contribution in [2.45, 2.75) is 45.2 Å². The van der Waals surface area contributed by atoms with E-state index in [0.717, 1.165) is 0 Å². The highest BCUT2D eigenvalue weighted by atomic mass is 16.6. The van der Waals surface area contributed by atoms with E-state index in [0.29, 0.717) is 0 Å². The van der Waals surface area contributed by atoms with Gasteiger partial charge in [0.15, 0.2) is 24.5 Å². The number of hydrogen-bond acceptors (Lipinski definition) is 8. The van der Waals surface area contributed by atoms with Crippen molar-refractivity contribution in [2.24, 2.45) is 0 Å². The summed E-state index contributed by atoms with van der Waals surface area (Å²) < 4.78 is 43.8. The molecule has 1 unspecified atom stereocenters. The summed E-state index contributed by atoms with van der Waals surface area (Å²) in [6.45, 7) is -2.22. The van der Waals surface area contributed by atoms with Crippen LogP contribution in [0.2, 0.25) is 0 Å². The van der Waals surface area contributed by atoms with Crippen molar-refractivity contribution >= 4 is 17.9 Å². The first-order valence-electron chi connectivity index (χ1n) is 8.67. The molecule has 9 nitrogen and oxygen atoms in total. The van der Waals surface area contributed by atoms with Gasteiger partial charge in [-0.05, 0) is 0 Å². The van der Waals surface area contributed by atoms with E-state index in [2.05, 4.69) is 4.98 Å². The minimum Gasteiger partial charge on any atom is -0.456 e. The second-order valence-corrected chi connectivity index (χ2v) is 4.67. The highest BCUT2D eigenvalue weighted by molar-refractivity contribution is 5.68. The standard InChI is InChI=1S/C14H18N2O7/c1-8(17)21-11-6-20-14(16-5-4-15-7-16)13(23-10(3)19)12(11)22-9(2)18/h4-5,7,11-14H,6H2,1-3H3/t11-,12+,13-,14?/m1/s1/i1D,2D,3D. The van der Waals surface area contributed by atoms with Gasteiger partial charge in [-0.25, -0.2) is 4.98 Å². The molecule has 126 valence electrons. The topological polar surface area (TPSA) is 106 Å². The van der Waals surface area contributed by atoms with E-state index in [4.69, 9.17) is 23.1 Å². The molecule has 1 aromatic heterocycles. The predicted molar refractivity (Wildman–Crippen MR) is 73.9 cm³/mol. The van der Waals surface area contributed by atoms with Crippen molar-refractivity contribution < 1.29 is 37.4 Å². The summed E-state index contributed by atoms with van der Waals surface area (Å²) in [7, 11) is 0. The van der Waals surface area contributed by atoms with Gasteiger partial charge in [0.2, 0.25) is 0 Å². The number of nitrogens with zero attached hydrogens (tertiary/aromatic N) is 2. The van der Waals surface area contributed by atoms with E-state index in [1.165, 1.54) is 23.3 Å². The summed E-state index contributed by atoms with van der Waals surface area (Å²) in [5.74, 6) is -2.69. The van der Waals surface area contributed by atoms with Crippen molar-refractivity contribution in [1.82, 2.24) is 9.55 Å². The summed E-state index contributed by atoms with van der Waals surface area (Å²) in [5, 5.41) is 0. The lowest BCUT2D eigenvalue weighted by Crippen LogP contribution is -2.55. The van der Waals surface area contributed by atoms with Crippen molar-refractivity contribution in [3.63, 3.8) is 0 Å². The van der Waals surface area contributed by atoms with Crippen molar-refractivity contribution in [3.05, 3.63) is 18.7 Å². The fraction of sp³-hybridized carbons (Fsp3) is 0.571. The van der Waals surface area contributed by atoms with Gasteiger partial charge < -0.3 is 23.5 Å². The van der Waals surface area contributed by atoms with E-state index < -0.39 is 63.1 Å². The molecule has 2 rings (SSSR count). The molecule has 23 heavy (non-hydrogen) atoms. The van der Waals surface area contributed by atoms with Crippen molar-refractivity contribution in [3.8, 4) is 0 Å². The van der Waals surface area contributed by atoms with E-state index in [9.17, 15) is 14.4 Å². The van der Waals surface area contributed by atoms with E-state index in [1.807, 2.05) is 0 Å². The Morgan fingerprint density at radius 3 is 2.39 bits per heavy atom. The van der Waals surface area contributed by atoms with Crippen LogP contribution in [0.25, 0.3) is 0 Å². The summed E-state index contributed by atoms with van der Waals surface area (Å²) >= 11 is 0. The summed E-state index contributed by atoms with van der Waals surface area (Å²) in [6.07, 6.45) is -0.190. The molecule has 4 atom stereocenters. The molecule has 0 N–H and O–H groups in total. The second kappa shape index (κ2) is 7.23. The summed E-state index contributed by atoms with van der Waals surface area (Å²) in [4.78, 5) is 38.7. The van der Waals surface area contributed by atoms with Crippen LogP contribution in [0.15, 0.2) is 18.7 Å². The number of aromatic nitrogens is 2. The molecule has 0 amide bonds. The first-order chi connectivity index (χ1) is 12.5. The normalized spacial score (nSPS) is 28.8. The molecule has 0 aliphatic carbocycles. The first kappa shape index (κ1) is 13.1. The minimum atomic E-state index is -1.26. The Hall–Kier alpha value is -2.42. The molecule has 9 heteroatoms. The van der Waals surface area contributed by atoms with Crippen LogP contribution in [-0.4, -0.2) is 52.4 Å². The van der Waals surface area contributed by atoms with Gasteiger partial charge in [0, 0.05) is 37.2 Å². The molecule has 1 fully saturated rings. The molecular weight excluding hydrogens is 308 g/mol. The zero-order valence-electron chi connectivity index (χ0n) is 15.1. The zero-order valence-corrected chi connectivity index (χ0v) is 12.1. The molecule has 0 bridgehead atoms. The number of imidazole rings is 1. The third kappa shape index (κ3) is 4.28. The smallest absolute Gasteiger partial charge is 0.303 e. The van der Waals surface area contributed by atoms with Gasteiger partial charge in [0.1, 0.15) is 0 Å². The third-order valence-corrected chi connectivity index (χ3v) is 3.04. The number of carbonyl (C=O) groups is 3. The van der Waals surface area contributed by atoms with Crippen LogP contribution in [0, 0.1) is 0 Å². The maximum atomic E-state index is 11.7. The van der Waals surface area contributed by atoms with Crippen LogP contribution in [0.3, 0.4) is 0 Å². The van der Waals surface area contributed by atoms with Gasteiger partial charge in [-0.15, -0.1) is 0 Å². The number of hydrogen-bond donors (Lipinski definition) is 0. The maximum Gasteiger partial charge on any atom is 0.303 e. The molecular formula is C14H18N2O7. The largest absolute Gasteiger partial charge is 0.456 e. The SMILES string of the molecule is [2H]CC(=O)O[C@H]1[C@H](OC(=O)C[2H])COC(n2ccnc2)[C@@H]1OC(=O)C[2H]. The van der Waals surface area contributed by atoms with Crippen LogP contribution in [0.4, 0.5) is 0 Å². The van der Waals surface area contributed by atoms with Crippen molar-refractivity contribution in [1.29, 1.82) is 0 Å². The van der Waals surface area contributed by atoms with Crippen LogP contribution >= 0.6 is 0 Å². The highest BCUT2D eigenvalue weighted by Gasteiger charge is 2.47. The van der Waals surface area contributed by atoms with Crippen LogP contribution in [0.5, 0.6) is 0 Å². The second-order valence-electron chi connectivity index (χ2n) is 4.67. The van der Waals surface area contributed by atoms with Crippen LogP contribution in [0.1, 0.15) is 31.0 Å². The van der Waals surface area contributed by atoms with Gasteiger partial charge >= 0.3 is 17.9 Å². The minimum absolute atomic E-state index is 0.195. The lowest BCUT2D eigenvalue weighted by atomic mass is 10.0. The molecule has 0 saturated carbocycles. The molecule has 1 aromatic rings. The number of rotatable bonds is 4. The monoisotopic (exact) mass is 329 g/mol. The molecule has 1 aliphatic heterocycles. The molecule has 2 heterocycles. The van der Waals surface area contributed by atoms with E-state index in [-0.39, 0.29) is 6.61 Å². The Balaban J connectivity index is 2.32. The molecule has 0 aromatic carbocycles. The van der Waals surface area contributed by atoms with Crippen LogP contribution in [-0.2, 0) is 33.3 Å². The lowest BCUT2D eigenvalue weighted by molar-refractivity contribution is -0.239. The molecule has 1 saturated heterocycles. The number of carbonyl (C=O) groups excluding carboxylic acids is 3. The van der Waals surface area contributed by atoms with Gasteiger partial charge in [-0.2, -0.15) is 0 Å². The molecule has 1 aliphatic rings. The summed E-state index contributed by atoms with van der Waals surface area (Å²) in [6, 6.07) is 0. The number of ether oxygens (including phenoxy) is 4. The quantitative estimate of drug-likeness (QED) is 0.570. The Bertz CT molecular complexity index is 628. The number of esters is 3. The summed E-state index contributed by atoms with van der Waals surface area (Å²) in [5.41, 5.74) is 0. The Morgan fingerprint density at radius 2 is 1.78 bits per heavy atom. The fourth-order valence-corrected chi connectivity index (χ4v) is 2.27.